The lowest BCUT2D eigenvalue weighted by Crippen LogP contribution is -2.31. The van der Waals surface area contributed by atoms with Gasteiger partial charge in [-0.05, 0) is 41.5 Å². The average molecular weight is 505 g/mol. The maximum atomic E-state index is 13.0. The Morgan fingerprint density at radius 1 is 1.03 bits per heavy atom. The maximum Gasteiger partial charge on any atom is 0.267 e. The van der Waals surface area contributed by atoms with Crippen molar-refractivity contribution in [1.82, 2.24) is 14.1 Å². The van der Waals surface area contributed by atoms with Crippen molar-refractivity contribution < 1.29 is 17.9 Å². The highest BCUT2D eigenvalue weighted by Crippen LogP contribution is 2.30. The number of ether oxygens (including phenoxy) is 1. The van der Waals surface area contributed by atoms with Crippen molar-refractivity contribution >= 4 is 32.7 Å². The Kier molecular flexibility index (Phi) is 6.51. The first kappa shape index (κ1) is 24.0. The molecule has 1 unspecified atom stereocenters. The zero-order chi connectivity index (χ0) is 25.3. The summed E-state index contributed by atoms with van der Waals surface area (Å²) in [5.41, 5.74) is 2.77. The molecular formula is C27H28N4O4S. The highest BCUT2D eigenvalue weighted by Gasteiger charge is 2.30. The van der Waals surface area contributed by atoms with Crippen LogP contribution in [0.25, 0.3) is 10.9 Å². The van der Waals surface area contributed by atoms with Crippen LogP contribution in [0.5, 0.6) is 5.75 Å². The van der Waals surface area contributed by atoms with Crippen LogP contribution in [0.3, 0.4) is 0 Å². The Balaban J connectivity index is 1.36. The Labute approximate surface area is 210 Å². The van der Waals surface area contributed by atoms with E-state index in [0.717, 1.165) is 27.8 Å². The third kappa shape index (κ3) is 4.47. The van der Waals surface area contributed by atoms with Gasteiger partial charge in [0.15, 0.2) is 11.9 Å². The number of carbonyl (C=O) groups is 1. The lowest BCUT2D eigenvalue weighted by atomic mass is 10.1. The molecule has 1 aromatic heterocycles. The zero-order valence-corrected chi connectivity index (χ0v) is 21.0. The van der Waals surface area contributed by atoms with Crippen molar-refractivity contribution in [3.8, 4) is 5.75 Å². The van der Waals surface area contributed by atoms with Crippen LogP contribution in [0.4, 0.5) is 5.82 Å². The number of carbonyl (C=O) groups excluding carboxylic acids is 1. The van der Waals surface area contributed by atoms with Gasteiger partial charge in [0.1, 0.15) is 5.75 Å². The fourth-order valence-electron chi connectivity index (χ4n) is 4.52. The summed E-state index contributed by atoms with van der Waals surface area (Å²) in [6.07, 6.45) is -0.0877. The number of fused-ring (bicyclic) bond motifs is 2. The van der Waals surface area contributed by atoms with Gasteiger partial charge in [0, 0.05) is 24.9 Å². The van der Waals surface area contributed by atoms with Gasteiger partial charge >= 0.3 is 0 Å². The number of anilines is 1. The second kappa shape index (κ2) is 9.75. The van der Waals surface area contributed by atoms with Crippen molar-refractivity contribution in [2.45, 2.75) is 37.8 Å². The van der Waals surface area contributed by atoms with Gasteiger partial charge in [-0.2, -0.15) is 9.40 Å². The molecule has 1 N–H and O–H groups in total. The predicted molar refractivity (Wildman–Crippen MR) is 139 cm³/mol. The van der Waals surface area contributed by atoms with Crippen molar-refractivity contribution in [3.63, 3.8) is 0 Å². The van der Waals surface area contributed by atoms with E-state index in [1.807, 2.05) is 67.1 Å². The highest BCUT2D eigenvalue weighted by molar-refractivity contribution is 7.89. The van der Waals surface area contributed by atoms with Crippen LogP contribution in [0.15, 0.2) is 77.7 Å². The second-order valence-corrected chi connectivity index (χ2v) is 10.6. The van der Waals surface area contributed by atoms with Gasteiger partial charge in [-0.3, -0.25) is 9.48 Å². The first-order valence-electron chi connectivity index (χ1n) is 12.0. The molecule has 8 nitrogen and oxygen atoms in total. The molecule has 5 rings (SSSR count). The molecule has 0 bridgehead atoms. The summed E-state index contributed by atoms with van der Waals surface area (Å²) in [5.74, 6) is 0.961. The monoisotopic (exact) mass is 504 g/mol. The molecule has 0 spiro atoms. The van der Waals surface area contributed by atoms with E-state index >= 15 is 0 Å². The number of amides is 1. The Morgan fingerprint density at radius 2 is 1.72 bits per heavy atom. The minimum Gasteiger partial charge on any atom is -0.480 e. The van der Waals surface area contributed by atoms with E-state index in [1.54, 1.807) is 24.3 Å². The van der Waals surface area contributed by atoms with Crippen LogP contribution in [0, 0.1) is 0 Å². The summed E-state index contributed by atoms with van der Waals surface area (Å²) >= 11 is 0. The molecule has 0 fully saturated rings. The molecule has 1 aliphatic heterocycles. The van der Waals surface area contributed by atoms with Crippen molar-refractivity contribution in [2.75, 3.05) is 18.4 Å². The van der Waals surface area contributed by atoms with E-state index in [2.05, 4.69) is 10.4 Å². The van der Waals surface area contributed by atoms with E-state index in [-0.39, 0.29) is 10.8 Å². The minimum atomic E-state index is -3.51. The zero-order valence-electron chi connectivity index (χ0n) is 20.2. The molecule has 0 aliphatic carbocycles. The van der Waals surface area contributed by atoms with Crippen LogP contribution in [-0.2, 0) is 27.8 Å². The van der Waals surface area contributed by atoms with Crippen LogP contribution in [-0.4, -0.2) is 47.6 Å². The second-order valence-electron chi connectivity index (χ2n) is 8.66. The summed E-state index contributed by atoms with van der Waals surface area (Å²) in [6, 6.07) is 22.2. The number of para-hydroxylation sites is 2. The van der Waals surface area contributed by atoms with Crippen LogP contribution in [0.1, 0.15) is 25.0 Å². The number of sulfonamides is 1. The molecule has 9 heteroatoms. The lowest BCUT2D eigenvalue weighted by Gasteiger charge is -2.18. The first-order chi connectivity index (χ1) is 17.4. The number of hydrogen-bond acceptors (Lipinski definition) is 5. The van der Waals surface area contributed by atoms with Crippen molar-refractivity contribution in [2.24, 2.45) is 0 Å². The molecule has 4 aromatic rings. The van der Waals surface area contributed by atoms with E-state index in [1.165, 1.54) is 4.31 Å². The normalized spacial score (nSPS) is 15.1. The summed E-state index contributed by atoms with van der Waals surface area (Å²) in [4.78, 5) is 13.3. The first-order valence-corrected chi connectivity index (χ1v) is 13.4. The molecule has 0 saturated heterocycles. The number of hydrogen-bond donors (Lipinski definition) is 1. The predicted octanol–water partition coefficient (Wildman–Crippen LogP) is 4.06. The SMILES string of the molecule is CCN(CC)S(=O)(=O)c1ccc(Cn2nc(NC(=O)C3Cc4ccccc4O3)c3ccccc32)cc1. The number of nitrogens with one attached hydrogen (secondary N) is 1. The Morgan fingerprint density at radius 3 is 2.44 bits per heavy atom. The van der Waals surface area contributed by atoms with Gasteiger partial charge < -0.3 is 10.1 Å². The molecule has 2 heterocycles. The van der Waals surface area contributed by atoms with E-state index in [0.29, 0.717) is 31.9 Å². The third-order valence-corrected chi connectivity index (χ3v) is 8.50. The number of nitrogens with zero attached hydrogens (tertiary/aromatic N) is 3. The van der Waals surface area contributed by atoms with Gasteiger partial charge in [-0.25, -0.2) is 8.42 Å². The van der Waals surface area contributed by atoms with E-state index in [9.17, 15) is 13.2 Å². The van der Waals surface area contributed by atoms with Gasteiger partial charge in [0.2, 0.25) is 10.0 Å². The maximum absolute atomic E-state index is 13.0. The molecule has 0 saturated carbocycles. The van der Waals surface area contributed by atoms with Gasteiger partial charge in [0.05, 0.1) is 17.0 Å². The smallest absolute Gasteiger partial charge is 0.267 e. The van der Waals surface area contributed by atoms with Gasteiger partial charge in [-0.15, -0.1) is 0 Å². The molecule has 1 atom stereocenters. The number of aromatic nitrogens is 2. The summed E-state index contributed by atoms with van der Waals surface area (Å²) in [7, 11) is -3.51. The van der Waals surface area contributed by atoms with Crippen LogP contribution < -0.4 is 10.1 Å². The molecule has 0 radical (unpaired) electrons. The fourth-order valence-corrected chi connectivity index (χ4v) is 5.98. The fraction of sp³-hybridized carbons (Fsp3) is 0.259. The standard InChI is InChI=1S/C27H28N4O4S/c1-3-30(4-2)36(33,34)21-15-13-19(14-16-21)18-31-23-11-7-6-10-22(23)26(29-31)28-27(32)25-17-20-9-5-8-12-24(20)35-25/h5-16,25H,3-4,17-18H2,1-2H3,(H,28,29,32). The molecule has 3 aromatic carbocycles. The van der Waals surface area contributed by atoms with Gasteiger partial charge in [-0.1, -0.05) is 56.3 Å². The summed E-state index contributed by atoms with van der Waals surface area (Å²) in [6.45, 7) is 4.92. The molecule has 1 amide bonds. The molecule has 1 aliphatic rings. The summed E-state index contributed by atoms with van der Waals surface area (Å²) < 4.78 is 34.6. The van der Waals surface area contributed by atoms with E-state index < -0.39 is 16.1 Å². The number of rotatable bonds is 8. The molecular weight excluding hydrogens is 476 g/mol. The van der Waals surface area contributed by atoms with Gasteiger partial charge in [0.25, 0.3) is 5.91 Å². The van der Waals surface area contributed by atoms with Crippen LogP contribution >= 0.6 is 0 Å². The topological polar surface area (TPSA) is 93.5 Å². The average Bonchev–Trinajstić information content (AvgIpc) is 3.47. The molecule has 36 heavy (non-hydrogen) atoms. The lowest BCUT2D eigenvalue weighted by molar-refractivity contribution is -0.122. The number of benzene rings is 3. The Bertz CT molecular complexity index is 1480. The van der Waals surface area contributed by atoms with E-state index in [4.69, 9.17) is 4.74 Å². The third-order valence-electron chi connectivity index (χ3n) is 6.44. The molecule has 186 valence electrons. The highest BCUT2D eigenvalue weighted by atomic mass is 32.2. The quantitative estimate of drug-likeness (QED) is 0.391. The van der Waals surface area contributed by atoms with Crippen LogP contribution in [0.2, 0.25) is 0 Å². The largest absolute Gasteiger partial charge is 0.480 e. The van der Waals surface area contributed by atoms with Crippen molar-refractivity contribution in [1.29, 1.82) is 0 Å². The minimum absolute atomic E-state index is 0.243. The summed E-state index contributed by atoms with van der Waals surface area (Å²) in [5, 5.41) is 8.44. The Hall–Kier alpha value is -3.69. The van der Waals surface area contributed by atoms with Crippen molar-refractivity contribution in [3.05, 3.63) is 83.9 Å².